The molecule has 1 rings (SSSR count). The fourth-order valence-corrected chi connectivity index (χ4v) is 0.886. The second-order valence-corrected chi connectivity index (χ2v) is 2.31. The van der Waals surface area contributed by atoms with Gasteiger partial charge in [-0.1, -0.05) is 6.07 Å². The Bertz CT molecular complexity index is 317. The number of nitrogens with two attached hydrogens (primary N) is 1. The zero-order valence-corrected chi connectivity index (χ0v) is 6.34. The molecule has 0 amide bonds. The molecule has 0 aliphatic heterocycles. The smallest absolute Gasteiger partial charge is 0.140 e. The normalized spacial score (nSPS) is 9.42. The Labute approximate surface area is 69.6 Å². The highest BCUT2D eigenvalue weighted by Gasteiger charge is 2.01. The Morgan fingerprint density at radius 3 is 2.92 bits per heavy atom. The number of hydrogen-bond donors (Lipinski definition) is 2. The molecule has 0 aliphatic rings. The lowest BCUT2D eigenvalue weighted by Crippen LogP contribution is -2.20. The van der Waals surface area contributed by atoms with Crippen LogP contribution in [-0.2, 0) is 6.54 Å². The van der Waals surface area contributed by atoms with Crippen molar-refractivity contribution in [3.8, 4) is 6.07 Å². The Kier molecular flexibility index (Phi) is 2.75. The fraction of sp³-hybridized carbons (Fsp3) is 0.125. The molecule has 0 aromatic heterocycles. The molecule has 0 saturated heterocycles. The predicted octanol–water partition coefficient (Wildman–Crippen LogP) is 0.661. The van der Waals surface area contributed by atoms with Crippen molar-refractivity contribution in [2.24, 2.45) is 5.84 Å². The summed E-state index contributed by atoms with van der Waals surface area (Å²) in [6, 6.07) is 6.05. The minimum absolute atomic E-state index is 0.0442. The summed E-state index contributed by atoms with van der Waals surface area (Å²) < 4.78 is 12.7. The summed E-state index contributed by atoms with van der Waals surface area (Å²) >= 11 is 0. The van der Waals surface area contributed by atoms with Crippen molar-refractivity contribution < 1.29 is 4.39 Å². The van der Waals surface area contributed by atoms with Gasteiger partial charge in [0.2, 0.25) is 0 Å². The van der Waals surface area contributed by atoms with E-state index in [0.717, 1.165) is 5.56 Å². The van der Waals surface area contributed by atoms with Crippen LogP contribution < -0.4 is 11.3 Å². The second kappa shape index (κ2) is 3.81. The van der Waals surface area contributed by atoms with E-state index in [1.807, 2.05) is 0 Å². The van der Waals surface area contributed by atoms with E-state index in [1.54, 1.807) is 12.1 Å². The number of nitriles is 1. The molecule has 62 valence electrons. The first-order chi connectivity index (χ1) is 5.77. The first kappa shape index (κ1) is 8.65. The van der Waals surface area contributed by atoms with Crippen molar-refractivity contribution in [1.82, 2.24) is 5.43 Å². The van der Waals surface area contributed by atoms with Gasteiger partial charge in [-0.3, -0.25) is 11.3 Å². The van der Waals surface area contributed by atoms with Gasteiger partial charge in [-0.05, 0) is 17.7 Å². The average molecular weight is 165 g/mol. The van der Waals surface area contributed by atoms with E-state index < -0.39 is 5.82 Å². The molecule has 0 fully saturated rings. The lowest BCUT2D eigenvalue weighted by Gasteiger charge is -1.99. The topological polar surface area (TPSA) is 61.8 Å². The van der Waals surface area contributed by atoms with Gasteiger partial charge in [0.25, 0.3) is 0 Å². The van der Waals surface area contributed by atoms with E-state index in [2.05, 4.69) is 5.43 Å². The summed E-state index contributed by atoms with van der Waals surface area (Å²) in [6.07, 6.45) is 0. The molecule has 0 spiro atoms. The Balaban J connectivity index is 2.99. The molecule has 0 bridgehead atoms. The van der Waals surface area contributed by atoms with Crippen molar-refractivity contribution in [1.29, 1.82) is 5.26 Å². The van der Waals surface area contributed by atoms with Crippen LogP contribution in [0.2, 0.25) is 0 Å². The lowest BCUT2D eigenvalue weighted by atomic mass is 10.1. The van der Waals surface area contributed by atoms with Crippen molar-refractivity contribution >= 4 is 0 Å². The molecule has 0 aliphatic carbocycles. The van der Waals surface area contributed by atoms with Crippen LogP contribution in [0.3, 0.4) is 0 Å². The number of halogens is 1. The van der Waals surface area contributed by atoms with E-state index in [9.17, 15) is 4.39 Å². The third-order valence-corrected chi connectivity index (χ3v) is 1.46. The summed E-state index contributed by atoms with van der Waals surface area (Å²) in [5, 5.41) is 8.47. The second-order valence-electron chi connectivity index (χ2n) is 2.31. The van der Waals surface area contributed by atoms with Crippen LogP contribution in [0.15, 0.2) is 18.2 Å². The SMILES string of the molecule is N#Cc1cc(CNN)ccc1F. The first-order valence-electron chi connectivity index (χ1n) is 3.40. The highest BCUT2D eigenvalue weighted by atomic mass is 19.1. The quantitative estimate of drug-likeness (QED) is 0.500. The molecular formula is C8H8FN3. The van der Waals surface area contributed by atoms with Crippen molar-refractivity contribution in [3.63, 3.8) is 0 Å². The molecule has 4 heteroatoms. The van der Waals surface area contributed by atoms with E-state index in [-0.39, 0.29) is 5.56 Å². The van der Waals surface area contributed by atoms with Crippen molar-refractivity contribution in [3.05, 3.63) is 35.1 Å². The van der Waals surface area contributed by atoms with Crippen LogP contribution in [0.4, 0.5) is 4.39 Å². The average Bonchev–Trinajstić information content (AvgIpc) is 2.09. The van der Waals surface area contributed by atoms with Crippen LogP contribution in [0, 0.1) is 17.1 Å². The van der Waals surface area contributed by atoms with Crippen LogP contribution in [0.25, 0.3) is 0 Å². The number of benzene rings is 1. The van der Waals surface area contributed by atoms with Crippen LogP contribution in [0.1, 0.15) is 11.1 Å². The van der Waals surface area contributed by atoms with Crippen molar-refractivity contribution in [2.75, 3.05) is 0 Å². The van der Waals surface area contributed by atoms with Crippen LogP contribution in [-0.4, -0.2) is 0 Å². The van der Waals surface area contributed by atoms with Gasteiger partial charge in [-0.2, -0.15) is 5.26 Å². The van der Waals surface area contributed by atoms with Gasteiger partial charge in [0.15, 0.2) is 0 Å². The number of rotatable bonds is 2. The van der Waals surface area contributed by atoms with Gasteiger partial charge >= 0.3 is 0 Å². The highest BCUT2D eigenvalue weighted by Crippen LogP contribution is 2.08. The maximum atomic E-state index is 12.7. The van der Waals surface area contributed by atoms with E-state index in [0.29, 0.717) is 6.54 Å². The number of nitrogens with one attached hydrogen (secondary N) is 1. The minimum atomic E-state index is -0.502. The molecule has 0 unspecified atom stereocenters. The van der Waals surface area contributed by atoms with E-state index in [1.165, 1.54) is 12.1 Å². The molecule has 0 atom stereocenters. The van der Waals surface area contributed by atoms with E-state index >= 15 is 0 Å². The molecule has 3 N–H and O–H groups in total. The standard InChI is InChI=1S/C8H8FN3/c9-8-2-1-6(5-12-11)3-7(8)4-10/h1-3,12H,5,11H2. The third kappa shape index (κ3) is 1.78. The van der Waals surface area contributed by atoms with Gasteiger partial charge in [0, 0.05) is 6.54 Å². The zero-order valence-electron chi connectivity index (χ0n) is 6.34. The summed E-state index contributed by atoms with van der Waals surface area (Å²) in [4.78, 5) is 0. The molecule has 3 nitrogen and oxygen atoms in total. The Morgan fingerprint density at radius 2 is 2.33 bits per heavy atom. The summed E-state index contributed by atoms with van der Waals surface area (Å²) in [7, 11) is 0. The number of hydrazine groups is 1. The van der Waals surface area contributed by atoms with Gasteiger partial charge in [-0.15, -0.1) is 0 Å². The summed E-state index contributed by atoms with van der Waals surface area (Å²) in [5.74, 6) is 4.56. The maximum absolute atomic E-state index is 12.7. The van der Waals surface area contributed by atoms with Crippen molar-refractivity contribution in [2.45, 2.75) is 6.54 Å². The molecule has 12 heavy (non-hydrogen) atoms. The minimum Gasteiger partial charge on any atom is -0.271 e. The number of hydrogen-bond acceptors (Lipinski definition) is 3. The van der Waals surface area contributed by atoms with E-state index in [4.69, 9.17) is 11.1 Å². The zero-order chi connectivity index (χ0) is 8.97. The third-order valence-electron chi connectivity index (χ3n) is 1.46. The number of nitrogens with zero attached hydrogens (tertiary/aromatic N) is 1. The van der Waals surface area contributed by atoms with Gasteiger partial charge in [0.05, 0.1) is 5.56 Å². The molecule has 0 heterocycles. The highest BCUT2D eigenvalue weighted by molar-refractivity contribution is 5.34. The monoisotopic (exact) mass is 165 g/mol. The van der Waals surface area contributed by atoms with Gasteiger partial charge in [0.1, 0.15) is 11.9 Å². The Morgan fingerprint density at radius 1 is 1.58 bits per heavy atom. The van der Waals surface area contributed by atoms with Gasteiger partial charge < -0.3 is 0 Å². The predicted molar refractivity (Wildman–Crippen MR) is 42.1 cm³/mol. The molecule has 1 aromatic carbocycles. The summed E-state index contributed by atoms with van der Waals surface area (Å²) in [6.45, 7) is 0.426. The largest absolute Gasteiger partial charge is 0.271 e. The van der Waals surface area contributed by atoms with Crippen LogP contribution in [0.5, 0.6) is 0 Å². The maximum Gasteiger partial charge on any atom is 0.140 e. The summed E-state index contributed by atoms with van der Waals surface area (Å²) in [5.41, 5.74) is 3.25. The lowest BCUT2D eigenvalue weighted by molar-refractivity contribution is 0.621. The molecule has 0 saturated carbocycles. The molecule has 0 radical (unpaired) electrons. The fourth-order valence-electron chi connectivity index (χ4n) is 0.886. The van der Waals surface area contributed by atoms with Crippen LogP contribution >= 0.6 is 0 Å². The molecular weight excluding hydrogens is 157 g/mol. The molecule has 1 aromatic rings. The van der Waals surface area contributed by atoms with Gasteiger partial charge in [-0.25, -0.2) is 4.39 Å². The Hall–Kier alpha value is -1.44. The first-order valence-corrected chi connectivity index (χ1v) is 3.40.